The Kier molecular flexibility index (Phi) is 7.74. The van der Waals surface area contributed by atoms with Crippen LogP contribution in [0.2, 0.25) is 5.02 Å². The number of amides is 1. The van der Waals surface area contributed by atoms with Gasteiger partial charge >= 0.3 is 0 Å². The summed E-state index contributed by atoms with van der Waals surface area (Å²) in [6, 6.07) is 7.51. The summed E-state index contributed by atoms with van der Waals surface area (Å²) in [4.78, 5) is 19.2. The Morgan fingerprint density at radius 3 is 2.67 bits per heavy atom. The number of fused-ring (bicyclic) bond motifs is 1. The molecule has 24 heavy (non-hydrogen) atoms. The lowest BCUT2D eigenvalue weighted by Crippen LogP contribution is -2.33. The lowest BCUT2D eigenvalue weighted by molar-refractivity contribution is 0.0798. The first-order valence-corrected chi connectivity index (χ1v) is 7.98. The van der Waals surface area contributed by atoms with Crippen molar-refractivity contribution in [1.29, 1.82) is 0 Å². The van der Waals surface area contributed by atoms with Gasteiger partial charge < -0.3 is 10.2 Å². The van der Waals surface area contributed by atoms with Crippen molar-refractivity contribution >= 4 is 53.2 Å². The molecule has 1 aliphatic rings. The fourth-order valence-electron chi connectivity index (χ4n) is 2.57. The number of pyridine rings is 1. The predicted octanol–water partition coefficient (Wildman–Crippen LogP) is 3.90. The van der Waals surface area contributed by atoms with Gasteiger partial charge in [-0.25, -0.2) is 0 Å². The fraction of sp³-hybridized carbons (Fsp3) is 0.412. The van der Waals surface area contributed by atoms with Crippen molar-refractivity contribution in [3.8, 4) is 0 Å². The second-order valence-electron chi connectivity index (χ2n) is 5.86. The monoisotopic (exact) mass is 389 g/mol. The first-order chi connectivity index (χ1) is 10.6. The molecule has 1 saturated carbocycles. The predicted molar refractivity (Wildman–Crippen MR) is 104 cm³/mol. The second kappa shape index (κ2) is 8.86. The van der Waals surface area contributed by atoms with E-state index < -0.39 is 0 Å². The molecule has 4 nitrogen and oxygen atoms in total. The second-order valence-corrected chi connectivity index (χ2v) is 6.30. The summed E-state index contributed by atoms with van der Waals surface area (Å²) in [7, 11) is 3.71. The summed E-state index contributed by atoms with van der Waals surface area (Å²) in [5, 5.41) is 4.52. The lowest BCUT2D eigenvalue weighted by atomic mass is 10.0. The smallest absolute Gasteiger partial charge is 0.254 e. The van der Waals surface area contributed by atoms with E-state index in [1.54, 1.807) is 4.90 Å². The molecule has 0 saturated heterocycles. The van der Waals surface area contributed by atoms with E-state index in [1.165, 1.54) is 0 Å². The molecule has 7 heteroatoms. The Hall–Kier alpha value is -1.07. The van der Waals surface area contributed by atoms with E-state index >= 15 is 0 Å². The molecular weight excluding hydrogens is 369 g/mol. The average Bonchev–Trinajstić information content (AvgIpc) is 3.35. The fourth-order valence-corrected chi connectivity index (χ4v) is 2.74. The van der Waals surface area contributed by atoms with E-state index in [0.29, 0.717) is 23.0 Å². The van der Waals surface area contributed by atoms with Gasteiger partial charge in [-0.3, -0.25) is 9.78 Å². The van der Waals surface area contributed by atoms with Gasteiger partial charge in [0.2, 0.25) is 0 Å². The maximum Gasteiger partial charge on any atom is 0.254 e. The molecule has 0 unspecified atom stereocenters. The highest BCUT2D eigenvalue weighted by Gasteiger charge is 2.27. The standard InChI is InChI=1S/C17H20ClN3O.2ClH/c1-19-7-8-21(2)17(22)14-10-16(11-3-4-11)20-15-6-5-12(18)9-13(14)15;;/h5-6,9-11,19H,3-4,7-8H2,1-2H3;2*1H. The molecule has 3 rings (SSSR count). The van der Waals surface area contributed by atoms with Crippen LogP contribution in [0.25, 0.3) is 10.9 Å². The van der Waals surface area contributed by atoms with E-state index in [2.05, 4.69) is 5.32 Å². The molecule has 0 aliphatic heterocycles. The molecule has 1 N–H and O–H groups in total. The number of nitrogens with zero attached hydrogens (tertiary/aromatic N) is 2. The number of carbonyl (C=O) groups excluding carboxylic acids is 1. The van der Waals surface area contributed by atoms with Gasteiger partial charge in [0.05, 0.1) is 11.1 Å². The van der Waals surface area contributed by atoms with Crippen LogP contribution >= 0.6 is 36.4 Å². The highest BCUT2D eigenvalue weighted by molar-refractivity contribution is 6.31. The zero-order valence-electron chi connectivity index (χ0n) is 13.7. The minimum atomic E-state index is 0. The van der Waals surface area contributed by atoms with Crippen molar-refractivity contribution in [2.75, 3.05) is 27.2 Å². The van der Waals surface area contributed by atoms with Crippen LogP contribution in [0.3, 0.4) is 0 Å². The van der Waals surface area contributed by atoms with Crippen molar-refractivity contribution in [1.82, 2.24) is 15.2 Å². The Bertz CT molecular complexity index is 720. The highest BCUT2D eigenvalue weighted by atomic mass is 35.5. The number of benzene rings is 1. The molecule has 132 valence electrons. The number of hydrogen-bond donors (Lipinski definition) is 1. The van der Waals surface area contributed by atoms with Gasteiger partial charge in [0.1, 0.15) is 0 Å². The molecule has 1 aliphatic carbocycles. The molecule has 1 aromatic carbocycles. The van der Waals surface area contributed by atoms with Gasteiger partial charge in [0.25, 0.3) is 5.91 Å². The van der Waals surface area contributed by atoms with Crippen LogP contribution in [-0.2, 0) is 0 Å². The number of rotatable bonds is 5. The summed E-state index contributed by atoms with van der Waals surface area (Å²) in [5.41, 5.74) is 2.58. The quantitative estimate of drug-likeness (QED) is 0.842. The summed E-state index contributed by atoms with van der Waals surface area (Å²) < 4.78 is 0. The van der Waals surface area contributed by atoms with Crippen molar-refractivity contribution in [3.63, 3.8) is 0 Å². The van der Waals surface area contributed by atoms with Crippen molar-refractivity contribution in [3.05, 3.63) is 40.5 Å². The molecule has 0 atom stereocenters. The number of carbonyl (C=O) groups is 1. The zero-order valence-corrected chi connectivity index (χ0v) is 16.1. The van der Waals surface area contributed by atoms with E-state index in [-0.39, 0.29) is 30.7 Å². The van der Waals surface area contributed by atoms with E-state index in [1.807, 2.05) is 38.4 Å². The Morgan fingerprint density at radius 2 is 2.04 bits per heavy atom. The molecule has 0 bridgehead atoms. The normalized spacial score (nSPS) is 13.1. The number of likely N-dealkylation sites (N-methyl/N-ethyl adjacent to an activating group) is 2. The van der Waals surface area contributed by atoms with E-state index in [9.17, 15) is 4.79 Å². The number of hydrogen-bond acceptors (Lipinski definition) is 3. The highest BCUT2D eigenvalue weighted by Crippen LogP contribution is 2.40. The van der Waals surface area contributed by atoms with Crippen LogP contribution in [0.4, 0.5) is 0 Å². The van der Waals surface area contributed by atoms with Gasteiger partial charge in [0.15, 0.2) is 0 Å². The molecule has 0 radical (unpaired) electrons. The molecule has 2 aromatic rings. The Labute approximate surface area is 159 Å². The van der Waals surface area contributed by atoms with Gasteiger partial charge in [-0.1, -0.05) is 11.6 Å². The topological polar surface area (TPSA) is 45.2 Å². The summed E-state index contributed by atoms with van der Waals surface area (Å²) >= 11 is 6.11. The van der Waals surface area contributed by atoms with Crippen LogP contribution in [0.1, 0.15) is 34.8 Å². The average molecular weight is 391 g/mol. The third kappa shape index (κ3) is 4.51. The van der Waals surface area contributed by atoms with E-state index in [4.69, 9.17) is 16.6 Å². The van der Waals surface area contributed by atoms with Gasteiger partial charge in [-0.15, -0.1) is 24.8 Å². The first-order valence-electron chi connectivity index (χ1n) is 7.60. The van der Waals surface area contributed by atoms with Crippen LogP contribution in [0, 0.1) is 0 Å². The van der Waals surface area contributed by atoms with Gasteiger partial charge in [0, 0.05) is 42.2 Å². The molecule has 0 spiro atoms. The summed E-state index contributed by atoms with van der Waals surface area (Å²) in [6.07, 6.45) is 2.32. The molecule has 1 amide bonds. The summed E-state index contributed by atoms with van der Waals surface area (Å²) in [6.45, 7) is 1.43. The molecule has 1 fully saturated rings. The van der Waals surface area contributed by atoms with Crippen molar-refractivity contribution in [2.45, 2.75) is 18.8 Å². The number of aromatic nitrogens is 1. The number of nitrogens with one attached hydrogen (secondary N) is 1. The molecule has 1 aromatic heterocycles. The van der Waals surface area contributed by atoms with Crippen LogP contribution in [0.15, 0.2) is 24.3 Å². The van der Waals surface area contributed by atoms with Crippen molar-refractivity contribution < 1.29 is 4.79 Å². The van der Waals surface area contributed by atoms with Crippen LogP contribution < -0.4 is 5.32 Å². The maximum atomic E-state index is 12.8. The first kappa shape index (κ1) is 21.0. The Morgan fingerprint density at radius 1 is 1.33 bits per heavy atom. The third-order valence-corrected chi connectivity index (χ3v) is 4.30. The van der Waals surface area contributed by atoms with Crippen LogP contribution in [0.5, 0.6) is 0 Å². The minimum absolute atomic E-state index is 0. The van der Waals surface area contributed by atoms with Crippen molar-refractivity contribution in [2.24, 2.45) is 0 Å². The third-order valence-electron chi connectivity index (χ3n) is 4.06. The maximum absolute atomic E-state index is 12.8. The largest absolute Gasteiger partial charge is 0.340 e. The number of halogens is 3. The van der Waals surface area contributed by atoms with E-state index in [0.717, 1.165) is 36.0 Å². The molecule has 1 heterocycles. The Balaban J connectivity index is 0.00000144. The summed E-state index contributed by atoms with van der Waals surface area (Å²) in [5.74, 6) is 0.529. The van der Waals surface area contributed by atoms with Gasteiger partial charge in [-0.2, -0.15) is 0 Å². The zero-order chi connectivity index (χ0) is 15.7. The minimum Gasteiger partial charge on any atom is -0.340 e. The SMILES string of the molecule is CNCCN(C)C(=O)c1cc(C2CC2)nc2ccc(Cl)cc12.Cl.Cl. The lowest BCUT2D eigenvalue weighted by Gasteiger charge is -2.18. The van der Waals surface area contributed by atoms with Gasteiger partial charge in [-0.05, 0) is 44.2 Å². The van der Waals surface area contributed by atoms with Crippen LogP contribution in [-0.4, -0.2) is 43.0 Å². The molecular formula is C17H22Cl3N3O.